The van der Waals surface area contributed by atoms with Gasteiger partial charge in [-0.3, -0.25) is 0 Å². The third-order valence-corrected chi connectivity index (χ3v) is 3.85. The molecule has 0 aliphatic carbocycles. The summed E-state index contributed by atoms with van der Waals surface area (Å²) in [6.45, 7) is 3.22. The van der Waals surface area contributed by atoms with Gasteiger partial charge < -0.3 is 20.8 Å². The maximum Gasteiger partial charge on any atom is 0.111 e. The van der Waals surface area contributed by atoms with Crippen molar-refractivity contribution in [2.45, 2.75) is 25.5 Å². The summed E-state index contributed by atoms with van der Waals surface area (Å²) in [5.41, 5.74) is 2.70. The van der Waals surface area contributed by atoms with Gasteiger partial charge in [0, 0.05) is 30.4 Å². The van der Waals surface area contributed by atoms with Gasteiger partial charge in [0.15, 0.2) is 0 Å². The fourth-order valence-electron chi connectivity index (χ4n) is 2.26. The lowest BCUT2D eigenvalue weighted by Crippen LogP contribution is -2.49. The molecule has 0 aromatic heterocycles. The molecule has 1 aromatic rings. The first-order valence-corrected chi connectivity index (χ1v) is 7.50. The molecule has 1 heterocycles. The predicted octanol–water partition coefficient (Wildman–Crippen LogP) is 2.38. The van der Waals surface area contributed by atoms with Crippen molar-refractivity contribution in [2.75, 3.05) is 20.2 Å². The Bertz CT molecular complexity index is 505. The molecule has 1 aliphatic heterocycles. The van der Waals surface area contributed by atoms with Gasteiger partial charge in [-0.15, -0.1) is 0 Å². The number of halogens is 1. The monoisotopic (exact) mass is 307 g/mol. The largest absolute Gasteiger partial charge is 0.392 e. The summed E-state index contributed by atoms with van der Waals surface area (Å²) in [7, 11) is 1.85. The number of ether oxygens (including phenoxy) is 1. The van der Waals surface area contributed by atoms with Crippen molar-refractivity contribution in [2.24, 2.45) is 0 Å². The minimum Gasteiger partial charge on any atom is -0.392 e. The standard InChI is InChI=1S/C16H22ClN3O/c1-11(19-2)7-15(18)16-9-20-14(10-21-16)8-12-3-5-13(17)6-4-12/h3-7,14,16,18-20H,8-10H2,1-2H3/b11-7-,18-15?. The van der Waals surface area contributed by atoms with Crippen LogP contribution in [0.25, 0.3) is 0 Å². The minimum atomic E-state index is -0.172. The average Bonchev–Trinajstić information content (AvgIpc) is 2.50. The summed E-state index contributed by atoms with van der Waals surface area (Å²) < 4.78 is 5.81. The Morgan fingerprint density at radius 3 is 2.76 bits per heavy atom. The van der Waals surface area contributed by atoms with Gasteiger partial charge in [-0.2, -0.15) is 0 Å². The van der Waals surface area contributed by atoms with Crippen LogP contribution in [-0.2, 0) is 11.2 Å². The lowest BCUT2D eigenvalue weighted by Gasteiger charge is -2.30. The number of hydrogen-bond donors (Lipinski definition) is 3. The molecule has 0 radical (unpaired) electrons. The van der Waals surface area contributed by atoms with Crippen molar-refractivity contribution in [1.82, 2.24) is 10.6 Å². The van der Waals surface area contributed by atoms with E-state index >= 15 is 0 Å². The molecule has 1 aliphatic rings. The quantitative estimate of drug-likeness (QED) is 0.732. The van der Waals surface area contributed by atoms with E-state index in [4.69, 9.17) is 21.7 Å². The van der Waals surface area contributed by atoms with E-state index in [1.54, 1.807) is 0 Å². The van der Waals surface area contributed by atoms with Crippen molar-refractivity contribution in [3.8, 4) is 0 Å². The van der Waals surface area contributed by atoms with Gasteiger partial charge >= 0.3 is 0 Å². The van der Waals surface area contributed by atoms with E-state index in [1.807, 2.05) is 44.3 Å². The van der Waals surface area contributed by atoms with Crippen LogP contribution in [0.5, 0.6) is 0 Å². The first kappa shape index (κ1) is 16.0. The first-order valence-electron chi connectivity index (χ1n) is 7.12. The number of hydrogen-bond acceptors (Lipinski definition) is 4. The Hall–Kier alpha value is -1.36. The van der Waals surface area contributed by atoms with Gasteiger partial charge in [-0.05, 0) is 37.1 Å². The third-order valence-electron chi connectivity index (χ3n) is 3.60. The summed E-state index contributed by atoms with van der Waals surface area (Å²) in [5, 5.41) is 15.3. The molecule has 2 rings (SSSR count). The van der Waals surface area contributed by atoms with E-state index in [0.717, 1.165) is 17.1 Å². The van der Waals surface area contributed by atoms with E-state index in [1.165, 1.54) is 5.56 Å². The molecule has 0 bridgehead atoms. The third kappa shape index (κ3) is 4.84. The second-order valence-corrected chi connectivity index (χ2v) is 5.73. The number of allylic oxidation sites excluding steroid dienone is 1. The molecule has 2 atom stereocenters. The molecular weight excluding hydrogens is 286 g/mol. The maximum absolute atomic E-state index is 8.03. The van der Waals surface area contributed by atoms with Gasteiger partial charge in [0.05, 0.1) is 12.3 Å². The Morgan fingerprint density at radius 1 is 1.48 bits per heavy atom. The lowest BCUT2D eigenvalue weighted by atomic mass is 10.0. The summed E-state index contributed by atoms with van der Waals surface area (Å²) in [4.78, 5) is 0. The van der Waals surface area contributed by atoms with Crippen molar-refractivity contribution >= 4 is 17.3 Å². The molecule has 1 aromatic carbocycles. The smallest absolute Gasteiger partial charge is 0.111 e. The molecule has 5 heteroatoms. The zero-order valence-corrected chi connectivity index (χ0v) is 13.2. The highest BCUT2D eigenvalue weighted by molar-refractivity contribution is 6.30. The van der Waals surface area contributed by atoms with Crippen molar-refractivity contribution in [3.05, 3.63) is 46.6 Å². The van der Waals surface area contributed by atoms with E-state index in [0.29, 0.717) is 18.9 Å². The molecule has 0 amide bonds. The molecule has 0 saturated carbocycles. The molecule has 0 spiro atoms. The highest BCUT2D eigenvalue weighted by atomic mass is 35.5. The van der Waals surface area contributed by atoms with Crippen molar-refractivity contribution in [1.29, 1.82) is 5.41 Å². The Morgan fingerprint density at radius 2 is 2.19 bits per heavy atom. The fraction of sp³-hybridized carbons (Fsp3) is 0.438. The molecule has 4 nitrogen and oxygen atoms in total. The summed E-state index contributed by atoms with van der Waals surface area (Å²) in [6.07, 6.45) is 2.55. The Balaban J connectivity index is 1.83. The van der Waals surface area contributed by atoms with Gasteiger partial charge in [0.1, 0.15) is 6.10 Å². The molecular formula is C16H22ClN3O. The van der Waals surface area contributed by atoms with Crippen LogP contribution in [0.2, 0.25) is 5.02 Å². The van der Waals surface area contributed by atoms with Crippen LogP contribution in [0, 0.1) is 5.41 Å². The SMILES string of the molecule is CN/C(C)=C\C(=N)C1CNC(Cc2ccc(Cl)cc2)CO1. The molecule has 1 saturated heterocycles. The first-order chi connectivity index (χ1) is 10.1. The van der Waals surface area contributed by atoms with Crippen molar-refractivity contribution < 1.29 is 4.74 Å². The normalized spacial score (nSPS) is 22.9. The zero-order chi connectivity index (χ0) is 15.2. The van der Waals surface area contributed by atoms with Crippen LogP contribution < -0.4 is 10.6 Å². The minimum absolute atomic E-state index is 0.172. The van der Waals surface area contributed by atoms with Crippen LogP contribution in [0.15, 0.2) is 36.0 Å². The van der Waals surface area contributed by atoms with Crippen LogP contribution in [-0.4, -0.2) is 38.1 Å². The van der Waals surface area contributed by atoms with E-state index in [9.17, 15) is 0 Å². The molecule has 114 valence electrons. The van der Waals surface area contributed by atoms with Crippen molar-refractivity contribution in [3.63, 3.8) is 0 Å². The van der Waals surface area contributed by atoms with E-state index in [2.05, 4.69) is 10.6 Å². The number of nitrogens with one attached hydrogen (secondary N) is 3. The van der Waals surface area contributed by atoms with E-state index < -0.39 is 0 Å². The van der Waals surface area contributed by atoms with Gasteiger partial charge in [0.2, 0.25) is 0 Å². The molecule has 21 heavy (non-hydrogen) atoms. The number of benzene rings is 1. The summed E-state index contributed by atoms with van der Waals surface area (Å²) >= 11 is 5.89. The van der Waals surface area contributed by atoms with Crippen LogP contribution in [0.3, 0.4) is 0 Å². The average molecular weight is 308 g/mol. The number of morpholine rings is 1. The van der Waals surface area contributed by atoms with Gasteiger partial charge in [-0.1, -0.05) is 23.7 Å². The predicted molar refractivity (Wildman–Crippen MR) is 87.2 cm³/mol. The zero-order valence-electron chi connectivity index (χ0n) is 12.4. The Labute approximate surface area is 131 Å². The topological polar surface area (TPSA) is 57.1 Å². The lowest BCUT2D eigenvalue weighted by molar-refractivity contribution is 0.0428. The van der Waals surface area contributed by atoms with Crippen LogP contribution in [0.1, 0.15) is 12.5 Å². The van der Waals surface area contributed by atoms with Crippen LogP contribution in [0.4, 0.5) is 0 Å². The second kappa shape index (κ2) is 7.59. The van der Waals surface area contributed by atoms with Gasteiger partial charge in [0.25, 0.3) is 0 Å². The molecule has 1 fully saturated rings. The summed E-state index contributed by atoms with van der Waals surface area (Å²) in [6, 6.07) is 8.17. The fourth-order valence-corrected chi connectivity index (χ4v) is 2.38. The Kier molecular flexibility index (Phi) is 5.79. The molecule has 3 N–H and O–H groups in total. The highest BCUT2D eigenvalue weighted by Gasteiger charge is 2.23. The summed E-state index contributed by atoms with van der Waals surface area (Å²) in [5.74, 6) is 0. The van der Waals surface area contributed by atoms with Gasteiger partial charge in [-0.25, -0.2) is 0 Å². The maximum atomic E-state index is 8.03. The highest BCUT2D eigenvalue weighted by Crippen LogP contribution is 2.13. The van der Waals surface area contributed by atoms with E-state index in [-0.39, 0.29) is 12.1 Å². The molecule has 2 unspecified atom stereocenters. The number of rotatable bonds is 5. The second-order valence-electron chi connectivity index (χ2n) is 5.29. The van der Waals surface area contributed by atoms with Crippen LogP contribution >= 0.6 is 11.6 Å².